The molecular formula is C16H23N. The average molecular weight is 229 g/mol. The lowest BCUT2D eigenvalue weighted by Crippen LogP contribution is -2.31. The summed E-state index contributed by atoms with van der Waals surface area (Å²) < 4.78 is 0. The zero-order valence-corrected chi connectivity index (χ0v) is 11.0. The van der Waals surface area contributed by atoms with Crippen LogP contribution in [-0.2, 0) is 6.42 Å². The summed E-state index contributed by atoms with van der Waals surface area (Å²) >= 11 is 0. The Hall–Kier alpha value is -0.820. The lowest BCUT2D eigenvalue weighted by molar-refractivity contribution is 0.413. The third-order valence-electron chi connectivity index (χ3n) is 4.11. The summed E-state index contributed by atoms with van der Waals surface area (Å²) in [7, 11) is 0. The fourth-order valence-electron chi connectivity index (χ4n) is 3.18. The molecule has 1 saturated carbocycles. The van der Waals surface area contributed by atoms with Crippen LogP contribution in [0.3, 0.4) is 0 Å². The van der Waals surface area contributed by atoms with Gasteiger partial charge in [-0.3, -0.25) is 0 Å². The number of fused-ring (bicyclic) bond motifs is 1. The normalized spacial score (nSPS) is 23.8. The molecule has 0 spiro atoms. The van der Waals surface area contributed by atoms with Crippen LogP contribution in [0.15, 0.2) is 18.2 Å². The van der Waals surface area contributed by atoms with Crippen LogP contribution in [-0.4, -0.2) is 6.54 Å². The molecule has 92 valence electrons. The van der Waals surface area contributed by atoms with Crippen molar-refractivity contribution in [3.8, 4) is 0 Å². The van der Waals surface area contributed by atoms with Crippen molar-refractivity contribution in [2.24, 2.45) is 5.92 Å². The number of benzene rings is 1. The molecule has 3 rings (SSSR count). The Morgan fingerprint density at radius 2 is 2.00 bits per heavy atom. The highest BCUT2D eigenvalue weighted by Gasteiger charge is 2.29. The monoisotopic (exact) mass is 229 g/mol. The Morgan fingerprint density at radius 3 is 2.71 bits per heavy atom. The lowest BCUT2D eigenvalue weighted by Gasteiger charge is -2.30. The molecule has 1 N–H and O–H groups in total. The highest BCUT2D eigenvalue weighted by Crippen LogP contribution is 2.44. The molecular weight excluding hydrogens is 206 g/mol. The van der Waals surface area contributed by atoms with Gasteiger partial charge in [-0.1, -0.05) is 32.0 Å². The standard InChI is InChI=1S/C16H23N/c1-11(2)10-16-15-5-3-4-13(12-6-7-12)14(15)8-9-17-16/h3-5,11-12,16-17H,6-10H2,1-2H3. The maximum Gasteiger partial charge on any atom is 0.0325 e. The van der Waals surface area contributed by atoms with E-state index in [-0.39, 0.29) is 0 Å². The van der Waals surface area contributed by atoms with Crippen LogP contribution in [0.1, 0.15) is 61.8 Å². The quantitative estimate of drug-likeness (QED) is 0.831. The first-order valence-electron chi connectivity index (χ1n) is 7.10. The van der Waals surface area contributed by atoms with Gasteiger partial charge in [-0.05, 0) is 60.8 Å². The first kappa shape index (κ1) is 11.3. The van der Waals surface area contributed by atoms with E-state index in [1.807, 2.05) is 0 Å². The zero-order chi connectivity index (χ0) is 11.8. The fourth-order valence-corrected chi connectivity index (χ4v) is 3.18. The Morgan fingerprint density at radius 1 is 1.24 bits per heavy atom. The molecule has 1 aromatic carbocycles. The molecule has 0 saturated heterocycles. The third-order valence-corrected chi connectivity index (χ3v) is 4.11. The minimum atomic E-state index is 0.595. The fraction of sp³-hybridized carbons (Fsp3) is 0.625. The third kappa shape index (κ3) is 2.26. The van der Waals surface area contributed by atoms with Gasteiger partial charge in [-0.25, -0.2) is 0 Å². The molecule has 2 aliphatic rings. The molecule has 1 fully saturated rings. The van der Waals surface area contributed by atoms with Gasteiger partial charge in [0.15, 0.2) is 0 Å². The first-order chi connectivity index (χ1) is 8.25. The summed E-state index contributed by atoms with van der Waals surface area (Å²) in [5.74, 6) is 1.66. The molecule has 1 heterocycles. The molecule has 1 unspecified atom stereocenters. The van der Waals surface area contributed by atoms with Crippen molar-refractivity contribution in [3.05, 3.63) is 34.9 Å². The van der Waals surface area contributed by atoms with E-state index in [0.717, 1.165) is 18.4 Å². The highest BCUT2D eigenvalue weighted by molar-refractivity contribution is 5.42. The summed E-state index contributed by atoms with van der Waals surface area (Å²) in [5, 5.41) is 3.69. The van der Waals surface area contributed by atoms with Crippen LogP contribution in [0, 0.1) is 5.92 Å². The summed E-state index contributed by atoms with van der Waals surface area (Å²) in [6, 6.07) is 7.58. The molecule has 1 atom stereocenters. The molecule has 0 radical (unpaired) electrons. The minimum absolute atomic E-state index is 0.595. The summed E-state index contributed by atoms with van der Waals surface area (Å²) in [5.41, 5.74) is 4.94. The van der Waals surface area contributed by atoms with Gasteiger partial charge in [0.1, 0.15) is 0 Å². The van der Waals surface area contributed by atoms with Gasteiger partial charge in [0.2, 0.25) is 0 Å². The van der Waals surface area contributed by atoms with Crippen LogP contribution in [0.5, 0.6) is 0 Å². The van der Waals surface area contributed by atoms with Crippen molar-refractivity contribution in [3.63, 3.8) is 0 Å². The molecule has 1 aromatic rings. The molecule has 0 aromatic heterocycles. The number of hydrogen-bond donors (Lipinski definition) is 1. The van der Waals surface area contributed by atoms with E-state index in [2.05, 4.69) is 37.4 Å². The highest BCUT2D eigenvalue weighted by atomic mass is 14.9. The van der Waals surface area contributed by atoms with Gasteiger partial charge in [0.05, 0.1) is 0 Å². The van der Waals surface area contributed by atoms with Crippen molar-refractivity contribution in [2.45, 2.75) is 51.5 Å². The van der Waals surface area contributed by atoms with Crippen molar-refractivity contribution < 1.29 is 0 Å². The van der Waals surface area contributed by atoms with E-state index >= 15 is 0 Å². The van der Waals surface area contributed by atoms with Crippen molar-refractivity contribution in [1.82, 2.24) is 5.32 Å². The van der Waals surface area contributed by atoms with E-state index in [0.29, 0.717) is 6.04 Å². The van der Waals surface area contributed by atoms with E-state index in [1.54, 1.807) is 16.7 Å². The van der Waals surface area contributed by atoms with Crippen molar-refractivity contribution in [1.29, 1.82) is 0 Å². The Labute approximate surface area is 105 Å². The second kappa shape index (κ2) is 4.45. The zero-order valence-electron chi connectivity index (χ0n) is 11.0. The van der Waals surface area contributed by atoms with Crippen molar-refractivity contribution >= 4 is 0 Å². The molecule has 0 bridgehead atoms. The lowest BCUT2D eigenvalue weighted by atomic mass is 9.85. The summed E-state index contributed by atoms with van der Waals surface area (Å²) in [4.78, 5) is 0. The molecule has 0 amide bonds. The topological polar surface area (TPSA) is 12.0 Å². The summed E-state index contributed by atoms with van der Waals surface area (Å²) in [6.45, 7) is 5.80. The van der Waals surface area contributed by atoms with Crippen LogP contribution >= 0.6 is 0 Å². The van der Waals surface area contributed by atoms with Crippen molar-refractivity contribution in [2.75, 3.05) is 6.54 Å². The average Bonchev–Trinajstić information content (AvgIpc) is 3.12. The second-order valence-electron chi connectivity index (χ2n) is 6.08. The number of nitrogens with one attached hydrogen (secondary N) is 1. The molecule has 1 nitrogen and oxygen atoms in total. The Balaban J connectivity index is 1.94. The second-order valence-corrected chi connectivity index (χ2v) is 6.08. The molecule has 1 aliphatic carbocycles. The molecule has 17 heavy (non-hydrogen) atoms. The Bertz CT molecular complexity index is 404. The smallest absolute Gasteiger partial charge is 0.0325 e. The van der Waals surface area contributed by atoms with Gasteiger partial charge >= 0.3 is 0 Å². The van der Waals surface area contributed by atoms with Crippen LogP contribution < -0.4 is 5.32 Å². The largest absolute Gasteiger partial charge is 0.310 e. The predicted molar refractivity (Wildman–Crippen MR) is 72.3 cm³/mol. The predicted octanol–water partition coefficient (Wildman–Crippen LogP) is 3.80. The van der Waals surface area contributed by atoms with E-state index in [4.69, 9.17) is 0 Å². The van der Waals surface area contributed by atoms with E-state index in [1.165, 1.54) is 25.7 Å². The van der Waals surface area contributed by atoms with Crippen LogP contribution in [0.25, 0.3) is 0 Å². The Kier molecular flexibility index (Phi) is 2.96. The van der Waals surface area contributed by atoms with Gasteiger partial charge in [-0.2, -0.15) is 0 Å². The van der Waals surface area contributed by atoms with Gasteiger partial charge < -0.3 is 5.32 Å². The van der Waals surface area contributed by atoms with E-state index in [9.17, 15) is 0 Å². The molecule has 1 aliphatic heterocycles. The first-order valence-corrected chi connectivity index (χ1v) is 7.10. The van der Waals surface area contributed by atoms with Gasteiger partial charge in [0.25, 0.3) is 0 Å². The maximum absolute atomic E-state index is 3.69. The minimum Gasteiger partial charge on any atom is -0.310 e. The maximum atomic E-state index is 3.69. The van der Waals surface area contributed by atoms with Gasteiger partial charge in [0, 0.05) is 6.04 Å². The van der Waals surface area contributed by atoms with E-state index < -0.39 is 0 Å². The SMILES string of the molecule is CC(C)CC1NCCc2c(C3CC3)cccc21. The number of hydrogen-bond acceptors (Lipinski definition) is 1. The van der Waals surface area contributed by atoms with Crippen LogP contribution in [0.2, 0.25) is 0 Å². The summed E-state index contributed by atoms with van der Waals surface area (Å²) in [6.07, 6.45) is 5.33. The number of rotatable bonds is 3. The molecule has 1 heteroatoms. The van der Waals surface area contributed by atoms with Gasteiger partial charge in [-0.15, -0.1) is 0 Å². The van der Waals surface area contributed by atoms with Crippen LogP contribution in [0.4, 0.5) is 0 Å².